The second-order valence-electron chi connectivity index (χ2n) is 6.01. The number of carbonyl (C=O) groups is 3. The third kappa shape index (κ3) is 4.57. The number of carboxylic acids is 1. The molecule has 8 nitrogen and oxygen atoms in total. The maximum absolute atomic E-state index is 12.9. The second-order valence-corrected chi connectivity index (χ2v) is 7.00. The van der Waals surface area contributed by atoms with Crippen molar-refractivity contribution in [2.75, 3.05) is 25.2 Å². The zero-order valence-corrected chi connectivity index (χ0v) is 17.1. The van der Waals surface area contributed by atoms with Gasteiger partial charge in [-0.3, -0.25) is 9.59 Å². The first-order valence-corrected chi connectivity index (χ1v) is 9.78. The number of imide groups is 1. The number of amides is 2. The Hall–Kier alpha value is -3.46. The van der Waals surface area contributed by atoms with Gasteiger partial charge in [-0.25, -0.2) is 9.69 Å². The van der Waals surface area contributed by atoms with Gasteiger partial charge in [0, 0.05) is 0 Å². The van der Waals surface area contributed by atoms with Crippen LogP contribution >= 0.6 is 11.8 Å². The summed E-state index contributed by atoms with van der Waals surface area (Å²) in [4.78, 5) is 37.5. The molecule has 0 aliphatic carbocycles. The van der Waals surface area contributed by atoms with Crippen LogP contribution in [0, 0.1) is 0 Å². The summed E-state index contributed by atoms with van der Waals surface area (Å²) < 4.78 is 15.9. The van der Waals surface area contributed by atoms with E-state index >= 15 is 0 Å². The van der Waals surface area contributed by atoms with Gasteiger partial charge in [0.1, 0.15) is 5.75 Å². The quantitative estimate of drug-likeness (QED) is 0.632. The van der Waals surface area contributed by atoms with Crippen molar-refractivity contribution in [3.05, 3.63) is 52.9 Å². The van der Waals surface area contributed by atoms with E-state index < -0.39 is 23.7 Å². The number of nitrogens with zero attached hydrogens (tertiary/aromatic N) is 1. The van der Waals surface area contributed by atoms with Crippen LogP contribution in [0.5, 0.6) is 17.2 Å². The highest BCUT2D eigenvalue weighted by molar-refractivity contribution is 8.19. The molecule has 1 saturated heterocycles. The van der Waals surface area contributed by atoms with Crippen molar-refractivity contribution >= 4 is 40.6 Å². The van der Waals surface area contributed by atoms with Gasteiger partial charge in [-0.05, 0) is 54.6 Å². The van der Waals surface area contributed by atoms with Crippen LogP contribution < -0.4 is 19.1 Å². The lowest BCUT2D eigenvalue weighted by Gasteiger charge is -2.16. The van der Waals surface area contributed by atoms with Gasteiger partial charge in [-0.1, -0.05) is 18.2 Å². The van der Waals surface area contributed by atoms with Gasteiger partial charge in [-0.2, -0.15) is 0 Å². The number of ether oxygens (including phenoxy) is 3. The number of aliphatic carboxylic acids is 1. The van der Waals surface area contributed by atoms with E-state index in [0.29, 0.717) is 29.4 Å². The van der Waals surface area contributed by atoms with Gasteiger partial charge in [0.2, 0.25) is 0 Å². The highest BCUT2D eigenvalue weighted by atomic mass is 32.2. The summed E-state index contributed by atoms with van der Waals surface area (Å²) in [6.45, 7) is 1.72. The van der Waals surface area contributed by atoms with Gasteiger partial charge in [0.25, 0.3) is 11.1 Å². The Morgan fingerprint density at radius 3 is 2.57 bits per heavy atom. The number of anilines is 1. The Kier molecular flexibility index (Phi) is 6.63. The van der Waals surface area contributed by atoms with E-state index in [0.717, 1.165) is 16.7 Å². The van der Waals surface area contributed by atoms with E-state index in [-0.39, 0.29) is 10.7 Å². The number of methoxy groups -OCH3 is 1. The van der Waals surface area contributed by atoms with E-state index in [1.807, 2.05) is 6.92 Å². The number of carboxylic acid groups (broad SMARTS) is 1. The molecule has 1 aliphatic heterocycles. The van der Waals surface area contributed by atoms with Crippen molar-refractivity contribution in [2.24, 2.45) is 0 Å². The number of benzene rings is 2. The molecule has 1 aliphatic rings. The van der Waals surface area contributed by atoms with Crippen LogP contribution in [-0.4, -0.2) is 42.5 Å². The van der Waals surface area contributed by atoms with Crippen molar-refractivity contribution in [3.8, 4) is 17.2 Å². The Balaban J connectivity index is 1.88. The number of para-hydroxylation sites is 2. The van der Waals surface area contributed by atoms with Crippen LogP contribution in [0.4, 0.5) is 10.5 Å². The maximum atomic E-state index is 12.9. The maximum Gasteiger partial charge on any atom is 0.341 e. The molecule has 0 saturated carbocycles. The van der Waals surface area contributed by atoms with E-state index in [1.165, 1.54) is 7.11 Å². The van der Waals surface area contributed by atoms with E-state index in [9.17, 15) is 14.4 Å². The van der Waals surface area contributed by atoms with E-state index in [2.05, 4.69) is 0 Å². The van der Waals surface area contributed by atoms with E-state index in [4.69, 9.17) is 19.3 Å². The molecular weight excluding hydrogens is 410 g/mol. The Labute approximate surface area is 177 Å². The molecule has 0 radical (unpaired) electrons. The number of thioether (sulfide) groups is 1. The predicted octanol–water partition coefficient (Wildman–Crippen LogP) is 3.80. The normalized spacial score (nSPS) is 14.9. The van der Waals surface area contributed by atoms with Crippen molar-refractivity contribution in [1.29, 1.82) is 0 Å². The fourth-order valence-corrected chi connectivity index (χ4v) is 3.61. The Bertz CT molecular complexity index is 1020. The third-order valence-electron chi connectivity index (χ3n) is 4.04. The first-order chi connectivity index (χ1) is 14.4. The molecule has 1 fully saturated rings. The van der Waals surface area contributed by atoms with E-state index in [1.54, 1.807) is 48.5 Å². The summed E-state index contributed by atoms with van der Waals surface area (Å²) in [7, 11) is 1.42. The van der Waals surface area contributed by atoms with Crippen molar-refractivity contribution in [3.63, 3.8) is 0 Å². The molecule has 0 unspecified atom stereocenters. The highest BCUT2D eigenvalue weighted by Crippen LogP contribution is 2.40. The molecule has 1 heterocycles. The SMILES string of the molecule is CCOc1ccccc1N1C(=O)S/C(=C/c2ccc(OCC(=O)O)c(OC)c2)C1=O. The number of hydrogen-bond donors (Lipinski definition) is 1. The zero-order valence-electron chi connectivity index (χ0n) is 16.3. The van der Waals surface area contributed by atoms with Gasteiger partial charge >= 0.3 is 5.97 Å². The minimum absolute atomic E-state index is 0.243. The molecule has 0 spiro atoms. The molecule has 2 aromatic rings. The van der Waals surface area contributed by atoms with Crippen LogP contribution in [0.15, 0.2) is 47.4 Å². The molecule has 0 atom stereocenters. The Morgan fingerprint density at radius 2 is 1.87 bits per heavy atom. The summed E-state index contributed by atoms with van der Waals surface area (Å²) in [5.41, 5.74) is 0.985. The molecule has 1 N–H and O–H groups in total. The monoisotopic (exact) mass is 429 g/mol. The summed E-state index contributed by atoms with van der Waals surface area (Å²) in [5, 5.41) is 8.32. The van der Waals surface area contributed by atoms with Gasteiger partial charge in [0.15, 0.2) is 18.1 Å². The van der Waals surface area contributed by atoms with Gasteiger partial charge in [0.05, 0.1) is 24.3 Å². The summed E-state index contributed by atoms with van der Waals surface area (Å²) >= 11 is 0.823. The second kappa shape index (κ2) is 9.36. The van der Waals surface area contributed by atoms with Crippen molar-refractivity contribution in [1.82, 2.24) is 0 Å². The number of hydrogen-bond acceptors (Lipinski definition) is 7. The van der Waals surface area contributed by atoms with Crippen molar-refractivity contribution in [2.45, 2.75) is 6.92 Å². The predicted molar refractivity (Wildman–Crippen MR) is 112 cm³/mol. The van der Waals surface area contributed by atoms with Crippen LogP contribution in [-0.2, 0) is 9.59 Å². The fourth-order valence-electron chi connectivity index (χ4n) is 2.78. The lowest BCUT2D eigenvalue weighted by molar-refractivity contribution is -0.139. The molecule has 0 aromatic heterocycles. The smallest absolute Gasteiger partial charge is 0.341 e. The van der Waals surface area contributed by atoms with Crippen LogP contribution in [0.2, 0.25) is 0 Å². The lowest BCUT2D eigenvalue weighted by atomic mass is 10.1. The average molecular weight is 429 g/mol. The molecular formula is C21H19NO7S. The minimum atomic E-state index is -1.11. The number of carbonyl (C=O) groups excluding carboxylic acids is 2. The topological polar surface area (TPSA) is 102 Å². The molecule has 156 valence electrons. The molecule has 30 heavy (non-hydrogen) atoms. The Morgan fingerprint density at radius 1 is 1.10 bits per heavy atom. The van der Waals surface area contributed by atoms with Crippen LogP contribution in [0.25, 0.3) is 6.08 Å². The highest BCUT2D eigenvalue weighted by Gasteiger charge is 2.37. The summed E-state index contributed by atoms with van der Waals surface area (Å²) in [5.74, 6) is -0.545. The lowest BCUT2D eigenvalue weighted by Crippen LogP contribution is -2.28. The average Bonchev–Trinajstić information content (AvgIpc) is 3.00. The van der Waals surface area contributed by atoms with Gasteiger partial charge < -0.3 is 19.3 Å². The first-order valence-electron chi connectivity index (χ1n) is 8.97. The van der Waals surface area contributed by atoms with Gasteiger partial charge in [-0.15, -0.1) is 0 Å². The zero-order chi connectivity index (χ0) is 21.7. The summed E-state index contributed by atoms with van der Waals surface area (Å²) in [6.07, 6.45) is 1.57. The number of rotatable bonds is 8. The molecule has 9 heteroatoms. The third-order valence-corrected chi connectivity index (χ3v) is 4.91. The standard InChI is InChI=1S/C21H19NO7S/c1-3-28-15-7-5-4-6-14(15)22-20(25)18(30-21(22)26)11-13-8-9-16(17(10-13)27-2)29-12-19(23)24/h4-11H,3,12H2,1-2H3,(H,23,24)/b18-11+. The minimum Gasteiger partial charge on any atom is -0.493 e. The molecule has 3 rings (SSSR count). The van der Waals surface area contributed by atoms with Crippen LogP contribution in [0.3, 0.4) is 0 Å². The molecule has 0 bridgehead atoms. The molecule has 2 amide bonds. The fraction of sp³-hybridized carbons (Fsp3) is 0.190. The van der Waals surface area contributed by atoms with Crippen LogP contribution in [0.1, 0.15) is 12.5 Å². The summed E-state index contributed by atoms with van der Waals surface area (Å²) in [6, 6.07) is 11.6. The van der Waals surface area contributed by atoms with Crippen molar-refractivity contribution < 1.29 is 33.7 Å². The largest absolute Gasteiger partial charge is 0.493 e. The first kappa shape index (κ1) is 21.3. The molecule has 2 aromatic carbocycles.